The minimum atomic E-state index is -2.69. The zero-order chi connectivity index (χ0) is 7.15. The number of alkyl halides is 3. The number of hydrogen-bond acceptors (Lipinski definition) is 2. The molecular weight excluding hydrogens is 164 g/mol. The Morgan fingerprint density at radius 1 is 1.67 bits per heavy atom. The maximum atomic E-state index is 10.1. The first-order valence-corrected chi connectivity index (χ1v) is 2.00. The molecule has 0 aromatic rings. The number of carbonyl (C=O) groups excluding carboxylic acids is 1. The predicted molar refractivity (Wildman–Crippen MR) is 22.5 cm³/mol. The summed E-state index contributed by atoms with van der Waals surface area (Å²) in [4.78, 5) is 8.89. The van der Waals surface area contributed by atoms with Gasteiger partial charge in [-0.25, -0.2) is 0 Å². The molecule has 0 fully saturated rings. The van der Waals surface area contributed by atoms with Gasteiger partial charge in [0.15, 0.2) is 0 Å². The van der Waals surface area contributed by atoms with Crippen molar-refractivity contribution in [3.05, 3.63) is 0 Å². The van der Waals surface area contributed by atoms with Crippen LogP contribution in [0, 0.1) is 0 Å². The third kappa shape index (κ3) is 983. The molecule has 0 radical (unpaired) electrons. The number of aliphatic carboxylic acids is 1. The second-order valence-corrected chi connectivity index (χ2v) is 1.07. The molecule has 0 aliphatic rings. The molecule has 0 aliphatic heterocycles. The summed E-state index contributed by atoms with van der Waals surface area (Å²) < 4.78 is 20.2. The number of carbonyl (C=O) groups is 1. The summed E-state index contributed by atoms with van der Waals surface area (Å²) in [6.07, 6.45) is 0. The summed E-state index contributed by atoms with van der Waals surface area (Å²) in [5.41, 5.74) is 0. The molecular formula is C3H4ClF2NaO2. The molecule has 0 rings (SSSR count). The molecule has 0 bridgehead atoms. The second kappa shape index (κ2) is 11.4. The van der Waals surface area contributed by atoms with E-state index in [1.807, 2.05) is 0 Å². The monoisotopic (exact) mass is 168 g/mol. The van der Waals surface area contributed by atoms with Gasteiger partial charge in [-0.3, -0.25) is 0 Å². The fraction of sp³-hybridized carbons (Fsp3) is 0.667. The van der Waals surface area contributed by atoms with Crippen LogP contribution < -0.4 is 34.7 Å². The molecule has 0 aromatic carbocycles. The van der Waals surface area contributed by atoms with Crippen molar-refractivity contribution in [3.8, 4) is 0 Å². The molecule has 0 aliphatic carbocycles. The fourth-order valence-electron chi connectivity index (χ4n) is 0. The number of halogens is 3. The van der Waals surface area contributed by atoms with Gasteiger partial charge in [-0.05, 0) is 6.92 Å². The van der Waals surface area contributed by atoms with E-state index in [9.17, 15) is 8.78 Å². The van der Waals surface area contributed by atoms with E-state index in [0.717, 1.165) is 6.92 Å². The second-order valence-electron chi connectivity index (χ2n) is 0.739. The first kappa shape index (κ1) is 16.3. The van der Waals surface area contributed by atoms with E-state index in [2.05, 4.69) is 11.6 Å². The molecule has 0 aromatic heterocycles. The van der Waals surface area contributed by atoms with Crippen LogP contribution in [0.25, 0.3) is 0 Å². The van der Waals surface area contributed by atoms with E-state index in [4.69, 9.17) is 9.90 Å². The molecule has 0 N–H and O–H groups in total. The van der Waals surface area contributed by atoms with Gasteiger partial charge in [0, 0.05) is 5.97 Å². The molecule has 50 valence electrons. The van der Waals surface area contributed by atoms with Crippen LogP contribution in [0.3, 0.4) is 0 Å². The zero-order valence-electron chi connectivity index (χ0n) is 5.03. The summed E-state index contributed by atoms with van der Waals surface area (Å²) in [6, 6.07) is 0. The summed E-state index contributed by atoms with van der Waals surface area (Å²) in [5.74, 6) is -3.78. The molecule has 0 heterocycles. The predicted octanol–water partition coefficient (Wildman–Crippen LogP) is -2.79. The van der Waals surface area contributed by atoms with Crippen molar-refractivity contribution in [2.45, 2.75) is 12.8 Å². The largest absolute Gasteiger partial charge is 1.00 e. The van der Waals surface area contributed by atoms with Gasteiger partial charge in [0.1, 0.15) is 0 Å². The first-order valence-electron chi connectivity index (χ1n) is 1.56. The average molecular weight is 169 g/mol. The van der Waals surface area contributed by atoms with Crippen LogP contribution in [-0.2, 0) is 4.79 Å². The summed E-state index contributed by atoms with van der Waals surface area (Å²) in [5, 5.41) is 8.89. The van der Waals surface area contributed by atoms with Gasteiger partial charge in [-0.2, -0.15) is 8.78 Å². The SMILES string of the molecule is CC(=O)[O-].FC(F)Cl.[Na+]. The molecule has 0 amide bonds. The van der Waals surface area contributed by atoms with Gasteiger partial charge in [-0.1, -0.05) is 11.6 Å². The Kier molecular flexibility index (Phi) is 20.7. The van der Waals surface area contributed by atoms with Crippen LogP contribution >= 0.6 is 11.6 Å². The minimum absolute atomic E-state index is 0. The van der Waals surface area contributed by atoms with E-state index in [-0.39, 0.29) is 29.6 Å². The standard InChI is InChI=1S/C2H4O2.CHClF2.Na/c1-2(3)4;2-1(3)4;/h1H3,(H,3,4);1H;/q;;+1/p-1. The van der Waals surface area contributed by atoms with Crippen LogP contribution in [0.5, 0.6) is 0 Å². The van der Waals surface area contributed by atoms with Crippen LogP contribution in [0.15, 0.2) is 0 Å². The smallest absolute Gasteiger partial charge is 0.550 e. The Morgan fingerprint density at radius 3 is 1.67 bits per heavy atom. The van der Waals surface area contributed by atoms with Crippen molar-refractivity contribution in [3.63, 3.8) is 0 Å². The van der Waals surface area contributed by atoms with Crippen LogP contribution in [-0.4, -0.2) is 11.9 Å². The van der Waals surface area contributed by atoms with E-state index in [1.165, 1.54) is 0 Å². The van der Waals surface area contributed by atoms with Crippen molar-refractivity contribution in [2.75, 3.05) is 0 Å². The minimum Gasteiger partial charge on any atom is -0.550 e. The molecule has 0 unspecified atom stereocenters. The fourth-order valence-corrected chi connectivity index (χ4v) is 0. The van der Waals surface area contributed by atoms with Gasteiger partial charge in [-0.15, -0.1) is 0 Å². The maximum absolute atomic E-state index is 10.1. The summed E-state index contributed by atoms with van der Waals surface area (Å²) in [7, 11) is 0. The number of carboxylic acids is 1. The Hall–Kier alpha value is 0.620. The van der Waals surface area contributed by atoms with E-state index >= 15 is 0 Å². The maximum Gasteiger partial charge on any atom is 1.00 e. The first-order chi connectivity index (χ1) is 3.46. The van der Waals surface area contributed by atoms with Crippen LogP contribution in [0.1, 0.15) is 6.92 Å². The molecule has 6 heteroatoms. The summed E-state index contributed by atoms with van der Waals surface area (Å²) in [6.45, 7) is 0.972. The van der Waals surface area contributed by atoms with Crippen molar-refractivity contribution < 1.29 is 48.2 Å². The van der Waals surface area contributed by atoms with Gasteiger partial charge >= 0.3 is 35.4 Å². The Labute approximate surface area is 78.5 Å². The van der Waals surface area contributed by atoms with Crippen LogP contribution in [0.4, 0.5) is 8.78 Å². The van der Waals surface area contributed by atoms with Crippen molar-refractivity contribution >= 4 is 17.6 Å². The molecule has 9 heavy (non-hydrogen) atoms. The van der Waals surface area contributed by atoms with Gasteiger partial charge in [0.05, 0.1) is 0 Å². The Morgan fingerprint density at radius 2 is 1.67 bits per heavy atom. The average Bonchev–Trinajstić information content (AvgIpc) is 1.25. The third-order valence-corrected chi connectivity index (χ3v) is 0. The third-order valence-electron chi connectivity index (χ3n) is 0. The molecule has 0 atom stereocenters. The Bertz CT molecular complexity index is 64.1. The van der Waals surface area contributed by atoms with E-state index in [1.54, 1.807) is 0 Å². The molecule has 2 nitrogen and oxygen atoms in total. The Balaban J connectivity index is -0.0000000720. The summed E-state index contributed by atoms with van der Waals surface area (Å²) >= 11 is 3.94. The van der Waals surface area contributed by atoms with E-state index in [0.29, 0.717) is 0 Å². The molecule has 0 spiro atoms. The normalized spacial score (nSPS) is 6.78. The van der Waals surface area contributed by atoms with E-state index < -0.39 is 11.9 Å². The zero-order valence-corrected chi connectivity index (χ0v) is 7.78. The van der Waals surface area contributed by atoms with Gasteiger partial charge in [0.2, 0.25) is 0 Å². The number of rotatable bonds is 0. The van der Waals surface area contributed by atoms with Crippen molar-refractivity contribution in [2.24, 2.45) is 0 Å². The number of carboxylic acid groups (broad SMARTS) is 1. The quantitative estimate of drug-likeness (QED) is 0.290. The number of hydrogen-bond donors (Lipinski definition) is 0. The van der Waals surface area contributed by atoms with Crippen molar-refractivity contribution in [1.82, 2.24) is 0 Å². The van der Waals surface area contributed by atoms with Crippen LogP contribution in [0.2, 0.25) is 0 Å². The van der Waals surface area contributed by atoms with Gasteiger partial charge < -0.3 is 9.90 Å². The van der Waals surface area contributed by atoms with Crippen molar-refractivity contribution in [1.29, 1.82) is 0 Å². The molecule has 0 saturated heterocycles. The topological polar surface area (TPSA) is 40.1 Å². The van der Waals surface area contributed by atoms with Gasteiger partial charge in [0.25, 0.3) is 0 Å². The molecule has 0 saturated carbocycles.